The molecule has 0 bridgehead atoms. The van der Waals surface area contributed by atoms with Crippen molar-refractivity contribution in [2.75, 3.05) is 32.7 Å². The number of hydrogen-bond donors (Lipinski definition) is 0. The van der Waals surface area contributed by atoms with Crippen molar-refractivity contribution in [3.05, 3.63) is 64.8 Å². The highest BCUT2D eigenvalue weighted by atomic mass is 35.5. The molecule has 1 fully saturated rings. The third-order valence-electron chi connectivity index (χ3n) is 5.09. The van der Waals surface area contributed by atoms with Crippen molar-refractivity contribution in [1.82, 2.24) is 30.0 Å². The summed E-state index contributed by atoms with van der Waals surface area (Å²) < 4.78 is 7.31. The van der Waals surface area contributed by atoms with Gasteiger partial charge in [-0.05, 0) is 46.8 Å². The van der Waals surface area contributed by atoms with Crippen molar-refractivity contribution in [3.8, 4) is 0 Å². The molecule has 0 radical (unpaired) electrons. The number of benzene rings is 1. The van der Waals surface area contributed by atoms with Gasteiger partial charge in [-0.1, -0.05) is 30.7 Å². The first-order chi connectivity index (χ1) is 13.2. The van der Waals surface area contributed by atoms with E-state index in [1.54, 1.807) is 6.26 Å². The minimum Gasteiger partial charge on any atom is -0.467 e. The lowest BCUT2D eigenvalue weighted by molar-refractivity contribution is 0.108. The predicted octanol–water partition coefficient (Wildman–Crippen LogP) is 2.69. The van der Waals surface area contributed by atoms with Crippen LogP contribution in [0.5, 0.6) is 0 Å². The van der Waals surface area contributed by atoms with E-state index in [-0.39, 0.29) is 6.04 Å². The van der Waals surface area contributed by atoms with Crippen molar-refractivity contribution in [2.24, 2.45) is 0 Å². The van der Waals surface area contributed by atoms with Crippen LogP contribution in [0.3, 0.4) is 0 Å². The SMILES string of the molecule is CCN1CCN([C@H](c2ccc(Cl)cc2)c2nnnn2Cc2ccco2)CC1. The number of likely N-dealkylation sites (N-methyl/N-ethyl adjacent to an activating group) is 1. The Kier molecular flexibility index (Phi) is 5.52. The van der Waals surface area contributed by atoms with E-state index in [1.807, 2.05) is 28.9 Å². The molecule has 2 aromatic heterocycles. The zero-order valence-electron chi connectivity index (χ0n) is 15.3. The molecule has 1 saturated heterocycles. The van der Waals surface area contributed by atoms with Crippen LogP contribution in [0.4, 0.5) is 0 Å². The summed E-state index contributed by atoms with van der Waals surface area (Å²) in [7, 11) is 0. The van der Waals surface area contributed by atoms with E-state index in [0.29, 0.717) is 6.54 Å². The van der Waals surface area contributed by atoms with Crippen LogP contribution in [-0.2, 0) is 6.54 Å². The topological polar surface area (TPSA) is 63.2 Å². The van der Waals surface area contributed by atoms with Crippen molar-refractivity contribution in [2.45, 2.75) is 19.5 Å². The fourth-order valence-electron chi connectivity index (χ4n) is 3.58. The van der Waals surface area contributed by atoms with Crippen molar-refractivity contribution in [1.29, 1.82) is 0 Å². The third kappa shape index (κ3) is 4.05. The summed E-state index contributed by atoms with van der Waals surface area (Å²) >= 11 is 6.11. The Labute approximate surface area is 163 Å². The lowest BCUT2D eigenvalue weighted by atomic mass is 10.0. The Morgan fingerprint density at radius 2 is 1.89 bits per heavy atom. The molecule has 27 heavy (non-hydrogen) atoms. The molecule has 0 spiro atoms. The molecular formula is C19H23ClN6O. The van der Waals surface area contributed by atoms with Crippen LogP contribution in [-0.4, -0.2) is 62.7 Å². The number of nitrogens with zero attached hydrogens (tertiary/aromatic N) is 6. The number of rotatable bonds is 6. The van der Waals surface area contributed by atoms with Gasteiger partial charge < -0.3 is 9.32 Å². The number of furan rings is 1. The van der Waals surface area contributed by atoms with Crippen LogP contribution < -0.4 is 0 Å². The number of halogens is 1. The molecule has 0 amide bonds. The molecular weight excluding hydrogens is 364 g/mol. The van der Waals surface area contributed by atoms with E-state index in [0.717, 1.165) is 54.9 Å². The van der Waals surface area contributed by atoms with Gasteiger partial charge in [0.2, 0.25) is 0 Å². The zero-order valence-corrected chi connectivity index (χ0v) is 16.1. The molecule has 8 heteroatoms. The molecule has 0 aliphatic carbocycles. The maximum Gasteiger partial charge on any atom is 0.173 e. The molecule has 1 aliphatic heterocycles. The predicted molar refractivity (Wildman–Crippen MR) is 103 cm³/mol. The summed E-state index contributed by atoms with van der Waals surface area (Å²) in [6.07, 6.45) is 1.67. The molecule has 1 aliphatic rings. The maximum absolute atomic E-state index is 6.11. The summed E-state index contributed by atoms with van der Waals surface area (Å²) in [6, 6.07) is 11.8. The van der Waals surface area contributed by atoms with E-state index < -0.39 is 0 Å². The summed E-state index contributed by atoms with van der Waals surface area (Å²) in [5.41, 5.74) is 1.14. The van der Waals surface area contributed by atoms with Gasteiger partial charge >= 0.3 is 0 Å². The molecule has 0 saturated carbocycles. The minimum absolute atomic E-state index is 0.0220. The Morgan fingerprint density at radius 1 is 1.11 bits per heavy atom. The third-order valence-corrected chi connectivity index (χ3v) is 5.35. The second-order valence-electron chi connectivity index (χ2n) is 6.70. The summed E-state index contributed by atoms with van der Waals surface area (Å²) in [4.78, 5) is 4.90. The minimum atomic E-state index is -0.0220. The van der Waals surface area contributed by atoms with Gasteiger partial charge in [-0.3, -0.25) is 4.90 Å². The molecule has 4 rings (SSSR count). The van der Waals surface area contributed by atoms with Gasteiger partial charge in [0.1, 0.15) is 12.3 Å². The fraction of sp³-hybridized carbons (Fsp3) is 0.421. The average molecular weight is 387 g/mol. The summed E-state index contributed by atoms with van der Waals surface area (Å²) in [5, 5.41) is 13.3. The molecule has 0 N–H and O–H groups in total. The molecule has 1 aromatic carbocycles. The Bertz CT molecular complexity index is 839. The first-order valence-corrected chi connectivity index (χ1v) is 9.62. The zero-order chi connectivity index (χ0) is 18.6. The van der Waals surface area contributed by atoms with E-state index >= 15 is 0 Å². The van der Waals surface area contributed by atoms with Gasteiger partial charge in [-0.15, -0.1) is 5.10 Å². The van der Waals surface area contributed by atoms with Crippen LogP contribution in [0, 0.1) is 0 Å². The van der Waals surface area contributed by atoms with Crippen LogP contribution in [0.1, 0.15) is 30.1 Å². The quantitative estimate of drug-likeness (QED) is 0.649. The maximum atomic E-state index is 6.11. The van der Waals surface area contributed by atoms with Gasteiger partial charge in [0, 0.05) is 31.2 Å². The van der Waals surface area contributed by atoms with Gasteiger partial charge in [-0.2, -0.15) is 0 Å². The molecule has 7 nitrogen and oxygen atoms in total. The van der Waals surface area contributed by atoms with Crippen LogP contribution in [0.2, 0.25) is 5.02 Å². The lowest BCUT2D eigenvalue weighted by Crippen LogP contribution is -2.48. The number of tetrazole rings is 1. The van der Waals surface area contributed by atoms with Gasteiger partial charge in [0.05, 0.1) is 12.3 Å². The molecule has 0 unspecified atom stereocenters. The number of hydrogen-bond acceptors (Lipinski definition) is 6. The smallest absolute Gasteiger partial charge is 0.173 e. The summed E-state index contributed by atoms with van der Waals surface area (Å²) in [5.74, 6) is 1.65. The lowest BCUT2D eigenvalue weighted by Gasteiger charge is -2.38. The largest absolute Gasteiger partial charge is 0.467 e. The van der Waals surface area contributed by atoms with Gasteiger partial charge in [0.25, 0.3) is 0 Å². The van der Waals surface area contributed by atoms with Crippen molar-refractivity contribution >= 4 is 11.6 Å². The highest BCUT2D eigenvalue weighted by Gasteiger charge is 2.30. The molecule has 142 valence electrons. The molecule has 1 atom stereocenters. The number of aromatic nitrogens is 4. The normalized spacial score (nSPS) is 17.3. The highest BCUT2D eigenvalue weighted by Crippen LogP contribution is 2.29. The van der Waals surface area contributed by atoms with E-state index in [4.69, 9.17) is 16.0 Å². The average Bonchev–Trinajstić information content (AvgIpc) is 3.37. The first kappa shape index (κ1) is 18.2. The Morgan fingerprint density at radius 3 is 2.56 bits per heavy atom. The van der Waals surface area contributed by atoms with Crippen LogP contribution >= 0.6 is 11.6 Å². The second kappa shape index (κ2) is 8.21. The van der Waals surface area contributed by atoms with Crippen LogP contribution in [0.15, 0.2) is 47.1 Å². The standard InChI is InChI=1S/C19H23ClN6O/c1-2-24-9-11-25(12-10-24)18(15-5-7-16(20)8-6-15)19-21-22-23-26(19)14-17-4-3-13-27-17/h3-8,13,18H,2,9-12,14H2,1H3/t18-/m1/s1. The molecule has 3 aromatic rings. The van der Waals surface area contributed by atoms with Crippen molar-refractivity contribution in [3.63, 3.8) is 0 Å². The van der Waals surface area contributed by atoms with E-state index in [9.17, 15) is 0 Å². The summed E-state index contributed by atoms with van der Waals surface area (Å²) in [6.45, 7) is 7.81. The highest BCUT2D eigenvalue weighted by molar-refractivity contribution is 6.30. The Balaban J connectivity index is 1.66. The number of piperazine rings is 1. The second-order valence-corrected chi connectivity index (χ2v) is 7.13. The van der Waals surface area contributed by atoms with Gasteiger partial charge in [0.15, 0.2) is 5.82 Å². The van der Waals surface area contributed by atoms with E-state index in [2.05, 4.69) is 44.4 Å². The molecule has 3 heterocycles. The van der Waals surface area contributed by atoms with Gasteiger partial charge in [-0.25, -0.2) is 4.68 Å². The first-order valence-electron chi connectivity index (χ1n) is 9.25. The van der Waals surface area contributed by atoms with Crippen LogP contribution in [0.25, 0.3) is 0 Å². The van der Waals surface area contributed by atoms with E-state index in [1.165, 1.54) is 0 Å². The fourth-order valence-corrected chi connectivity index (χ4v) is 3.70. The Hall–Kier alpha value is -2.22. The van der Waals surface area contributed by atoms with Crippen molar-refractivity contribution < 1.29 is 4.42 Å². The monoisotopic (exact) mass is 386 g/mol.